The van der Waals surface area contributed by atoms with Crippen LogP contribution < -0.4 is 0 Å². The van der Waals surface area contributed by atoms with Gasteiger partial charge in [-0.3, -0.25) is 4.68 Å². The van der Waals surface area contributed by atoms with Crippen LogP contribution in [0.3, 0.4) is 0 Å². The maximum atomic E-state index is 9.31. The first-order valence-electron chi connectivity index (χ1n) is 5.69. The van der Waals surface area contributed by atoms with Crippen molar-refractivity contribution in [3.05, 3.63) is 34.4 Å². The maximum absolute atomic E-state index is 9.31. The van der Waals surface area contributed by atoms with Gasteiger partial charge in [-0.1, -0.05) is 6.07 Å². The Balaban J connectivity index is 2.34. The Bertz CT molecular complexity index is 642. The van der Waals surface area contributed by atoms with Crippen molar-refractivity contribution in [1.29, 1.82) is 5.26 Å². The van der Waals surface area contributed by atoms with Gasteiger partial charge in [-0.15, -0.1) is 11.8 Å². The third-order valence-electron chi connectivity index (χ3n) is 2.95. The van der Waals surface area contributed by atoms with Gasteiger partial charge in [-0.2, -0.15) is 10.4 Å². The topological polar surface area (TPSA) is 41.6 Å². The van der Waals surface area contributed by atoms with Crippen LogP contribution in [-0.2, 0) is 6.54 Å². The summed E-state index contributed by atoms with van der Waals surface area (Å²) in [6.45, 7) is 0.896. The third-order valence-corrected chi connectivity index (χ3v) is 4.67. The predicted molar refractivity (Wildman–Crippen MR) is 75.4 cm³/mol. The molecule has 0 saturated heterocycles. The number of thioether (sulfide) groups is 1. The van der Waals surface area contributed by atoms with E-state index in [0.29, 0.717) is 5.56 Å². The Morgan fingerprint density at radius 1 is 1.44 bits per heavy atom. The molecule has 0 aliphatic carbocycles. The summed E-state index contributed by atoms with van der Waals surface area (Å²) < 4.78 is 2.94. The summed E-state index contributed by atoms with van der Waals surface area (Å²) in [7, 11) is 0. The lowest BCUT2D eigenvalue weighted by molar-refractivity contribution is 0.610. The lowest BCUT2D eigenvalue weighted by Gasteiger charge is -2.17. The van der Waals surface area contributed by atoms with Crippen molar-refractivity contribution in [3.63, 3.8) is 0 Å². The van der Waals surface area contributed by atoms with E-state index in [2.05, 4.69) is 33.2 Å². The molecule has 5 heteroatoms. The molecular formula is C13H10BrN3S. The molecule has 0 fully saturated rings. The minimum atomic E-state index is 0.712. The average Bonchev–Trinajstić information content (AvgIpc) is 2.71. The number of nitrogens with zero attached hydrogens (tertiary/aromatic N) is 3. The van der Waals surface area contributed by atoms with E-state index in [1.165, 1.54) is 0 Å². The fourth-order valence-electron chi connectivity index (χ4n) is 2.17. The molecule has 0 atom stereocenters. The van der Waals surface area contributed by atoms with Crippen LogP contribution in [0, 0.1) is 11.3 Å². The van der Waals surface area contributed by atoms with Crippen LogP contribution >= 0.6 is 27.7 Å². The standard InChI is InChI=1S/C13H10BrN3S/c14-10-8-16-17-5-2-6-18-11-4-1-3-9(7-15)12(11)13(10)17/h1,3-4,8H,2,5-6H2. The highest BCUT2D eigenvalue weighted by Crippen LogP contribution is 2.39. The van der Waals surface area contributed by atoms with Crippen LogP contribution in [0.5, 0.6) is 0 Å². The maximum Gasteiger partial charge on any atom is 0.0999 e. The fraction of sp³-hybridized carbons (Fsp3) is 0.231. The monoisotopic (exact) mass is 319 g/mol. The predicted octanol–water partition coefficient (Wildman–Crippen LogP) is 3.68. The molecule has 2 aromatic rings. The third kappa shape index (κ3) is 1.86. The molecule has 90 valence electrons. The van der Waals surface area contributed by atoms with Crippen LogP contribution in [-0.4, -0.2) is 15.5 Å². The van der Waals surface area contributed by atoms with Gasteiger partial charge in [0.1, 0.15) is 0 Å². The van der Waals surface area contributed by atoms with Gasteiger partial charge >= 0.3 is 0 Å². The number of fused-ring (bicyclic) bond motifs is 3. The lowest BCUT2D eigenvalue weighted by Crippen LogP contribution is -2.07. The van der Waals surface area contributed by atoms with Gasteiger partial charge in [0.15, 0.2) is 0 Å². The number of halogens is 1. The average molecular weight is 320 g/mol. The SMILES string of the molecule is N#Cc1cccc2c1-c1c(Br)cnn1CCCS2. The molecule has 0 spiro atoms. The van der Waals surface area contributed by atoms with Crippen molar-refractivity contribution in [2.75, 3.05) is 5.75 Å². The zero-order chi connectivity index (χ0) is 12.5. The number of benzene rings is 1. The van der Waals surface area contributed by atoms with Crippen molar-refractivity contribution < 1.29 is 0 Å². The van der Waals surface area contributed by atoms with E-state index in [-0.39, 0.29) is 0 Å². The minimum absolute atomic E-state index is 0.712. The normalized spacial score (nSPS) is 14.0. The zero-order valence-corrected chi connectivity index (χ0v) is 12.0. The summed E-state index contributed by atoms with van der Waals surface area (Å²) in [6, 6.07) is 8.18. The molecule has 3 nitrogen and oxygen atoms in total. The quantitative estimate of drug-likeness (QED) is 0.743. The second-order valence-corrected chi connectivity index (χ2v) is 6.05. The Kier molecular flexibility index (Phi) is 3.14. The summed E-state index contributed by atoms with van der Waals surface area (Å²) in [5, 5.41) is 13.7. The molecule has 3 rings (SSSR count). The fourth-order valence-corrected chi connectivity index (χ4v) is 3.68. The van der Waals surface area contributed by atoms with Crippen molar-refractivity contribution in [2.45, 2.75) is 17.9 Å². The smallest absolute Gasteiger partial charge is 0.0999 e. The van der Waals surface area contributed by atoms with Gasteiger partial charge in [0, 0.05) is 17.0 Å². The van der Waals surface area contributed by atoms with E-state index in [1.54, 1.807) is 0 Å². The Hall–Kier alpha value is -1.25. The number of aromatic nitrogens is 2. The summed E-state index contributed by atoms with van der Waals surface area (Å²) in [5.41, 5.74) is 2.74. The molecule has 0 unspecified atom stereocenters. The van der Waals surface area contributed by atoms with Crippen molar-refractivity contribution in [1.82, 2.24) is 9.78 Å². The van der Waals surface area contributed by atoms with Crippen LogP contribution in [0.2, 0.25) is 0 Å². The first kappa shape index (κ1) is 11.8. The number of nitriles is 1. The van der Waals surface area contributed by atoms with Gasteiger partial charge in [0.2, 0.25) is 0 Å². The molecule has 0 saturated carbocycles. The van der Waals surface area contributed by atoms with Gasteiger partial charge < -0.3 is 0 Å². The van der Waals surface area contributed by atoms with Crippen molar-refractivity contribution in [3.8, 4) is 17.3 Å². The van der Waals surface area contributed by atoms with E-state index in [9.17, 15) is 5.26 Å². The first-order chi connectivity index (χ1) is 8.81. The minimum Gasteiger partial charge on any atom is -0.264 e. The number of aryl methyl sites for hydroxylation is 1. The second kappa shape index (κ2) is 4.79. The van der Waals surface area contributed by atoms with Crippen LogP contribution in [0.15, 0.2) is 33.8 Å². The highest BCUT2D eigenvalue weighted by molar-refractivity contribution is 9.10. The Morgan fingerprint density at radius 3 is 3.17 bits per heavy atom. The van der Waals surface area contributed by atoms with Crippen LogP contribution in [0.1, 0.15) is 12.0 Å². The zero-order valence-electron chi connectivity index (χ0n) is 9.56. The molecule has 18 heavy (non-hydrogen) atoms. The molecule has 2 heterocycles. The summed E-state index contributed by atoms with van der Waals surface area (Å²) >= 11 is 5.36. The molecule has 1 aliphatic rings. The molecular weight excluding hydrogens is 310 g/mol. The lowest BCUT2D eigenvalue weighted by atomic mass is 10.1. The molecule has 0 N–H and O–H groups in total. The largest absolute Gasteiger partial charge is 0.264 e. The van der Waals surface area contributed by atoms with Crippen molar-refractivity contribution >= 4 is 27.7 Å². The van der Waals surface area contributed by atoms with Gasteiger partial charge in [-0.05, 0) is 40.2 Å². The molecule has 1 aliphatic heterocycles. The molecule has 1 aromatic heterocycles. The Labute approximate surface area is 118 Å². The number of rotatable bonds is 0. The van der Waals surface area contributed by atoms with E-state index in [4.69, 9.17) is 0 Å². The van der Waals surface area contributed by atoms with Gasteiger partial charge in [0.05, 0.1) is 28.0 Å². The summed E-state index contributed by atoms with van der Waals surface area (Å²) in [5.74, 6) is 1.05. The second-order valence-electron chi connectivity index (χ2n) is 4.06. The highest BCUT2D eigenvalue weighted by Gasteiger charge is 2.20. The van der Waals surface area contributed by atoms with Gasteiger partial charge in [0.25, 0.3) is 0 Å². The first-order valence-corrected chi connectivity index (χ1v) is 7.46. The van der Waals surface area contributed by atoms with E-state index >= 15 is 0 Å². The summed E-state index contributed by atoms with van der Waals surface area (Å²) in [6.07, 6.45) is 2.89. The molecule has 1 aromatic carbocycles. The molecule has 0 amide bonds. The van der Waals surface area contributed by atoms with Crippen LogP contribution in [0.4, 0.5) is 0 Å². The van der Waals surface area contributed by atoms with Crippen molar-refractivity contribution in [2.24, 2.45) is 0 Å². The van der Waals surface area contributed by atoms with E-state index < -0.39 is 0 Å². The summed E-state index contributed by atoms with van der Waals surface area (Å²) in [4.78, 5) is 1.16. The van der Waals surface area contributed by atoms with Gasteiger partial charge in [-0.25, -0.2) is 0 Å². The van der Waals surface area contributed by atoms with E-state index in [0.717, 1.165) is 39.3 Å². The number of hydrogen-bond acceptors (Lipinski definition) is 3. The molecule has 0 radical (unpaired) electrons. The number of hydrogen-bond donors (Lipinski definition) is 0. The molecule has 0 bridgehead atoms. The Morgan fingerprint density at radius 2 is 2.33 bits per heavy atom. The van der Waals surface area contributed by atoms with E-state index in [1.807, 2.05) is 34.8 Å². The van der Waals surface area contributed by atoms with Crippen LogP contribution in [0.25, 0.3) is 11.3 Å². The highest BCUT2D eigenvalue weighted by atomic mass is 79.9.